The third-order valence-electron chi connectivity index (χ3n) is 2.07. The lowest BCUT2D eigenvalue weighted by Gasteiger charge is -2.10. The Morgan fingerprint density at radius 3 is 2.55 bits per heavy atom. The lowest BCUT2D eigenvalue weighted by atomic mass is 10.2. The third kappa shape index (κ3) is 4.96. The molecule has 0 saturated heterocycles. The molecule has 5 nitrogen and oxygen atoms in total. The van der Waals surface area contributed by atoms with Crippen molar-refractivity contribution in [2.45, 2.75) is 6.18 Å². The fourth-order valence-electron chi connectivity index (χ4n) is 1.21. The first-order valence-corrected chi connectivity index (χ1v) is 5.63. The van der Waals surface area contributed by atoms with E-state index in [-0.39, 0.29) is 16.3 Å². The number of anilines is 1. The molecule has 0 heterocycles. The summed E-state index contributed by atoms with van der Waals surface area (Å²) >= 11 is 5.73. The van der Waals surface area contributed by atoms with Gasteiger partial charge in [0, 0.05) is 5.69 Å². The average Bonchev–Trinajstić information content (AvgIpc) is 2.32. The highest BCUT2D eigenvalue weighted by Crippen LogP contribution is 2.22. The van der Waals surface area contributed by atoms with E-state index in [1.807, 2.05) is 0 Å². The Bertz CT molecular complexity index is 500. The topological polar surface area (TPSA) is 81.4 Å². The van der Waals surface area contributed by atoms with Crippen molar-refractivity contribution < 1.29 is 27.5 Å². The molecule has 110 valence electrons. The van der Waals surface area contributed by atoms with Crippen molar-refractivity contribution in [3.63, 3.8) is 0 Å². The Morgan fingerprint density at radius 2 is 2.00 bits per heavy atom. The summed E-state index contributed by atoms with van der Waals surface area (Å²) in [5.74, 6) is -2.07. The number of carbonyl (C=O) groups excluding carboxylic acids is 2. The monoisotopic (exact) mass is 310 g/mol. The zero-order valence-corrected chi connectivity index (χ0v) is 10.7. The maximum Gasteiger partial charge on any atom is 0.405 e. The Hall–Kier alpha value is -1.96. The number of nitrogens with one attached hydrogen (secondary N) is 1. The van der Waals surface area contributed by atoms with E-state index in [9.17, 15) is 22.8 Å². The van der Waals surface area contributed by atoms with Crippen LogP contribution in [0.3, 0.4) is 0 Å². The van der Waals surface area contributed by atoms with Gasteiger partial charge < -0.3 is 15.8 Å². The van der Waals surface area contributed by atoms with E-state index in [2.05, 4.69) is 4.74 Å². The van der Waals surface area contributed by atoms with Crippen LogP contribution in [-0.2, 0) is 9.53 Å². The van der Waals surface area contributed by atoms with Gasteiger partial charge in [-0.1, -0.05) is 17.7 Å². The fraction of sp³-hybridized carbons (Fsp3) is 0.273. The number of ether oxygens (including phenoxy) is 1. The molecule has 0 atom stereocenters. The molecule has 0 spiro atoms. The SMILES string of the molecule is Nc1cccc(Cl)c1C(=O)OCC(=O)NCC(F)(F)F. The second kappa shape index (κ2) is 6.47. The summed E-state index contributed by atoms with van der Waals surface area (Å²) in [7, 11) is 0. The summed E-state index contributed by atoms with van der Waals surface area (Å²) in [4.78, 5) is 22.6. The molecule has 0 saturated carbocycles. The van der Waals surface area contributed by atoms with Crippen LogP contribution in [0.2, 0.25) is 5.02 Å². The standard InChI is InChI=1S/C11H10ClF3N2O3/c12-6-2-1-3-7(16)9(6)10(19)20-4-8(18)17-5-11(13,14)15/h1-3H,4-5,16H2,(H,17,18). The number of nitrogen functional groups attached to an aromatic ring is 1. The molecular weight excluding hydrogens is 301 g/mol. The normalized spacial score (nSPS) is 11.0. The van der Waals surface area contributed by atoms with Gasteiger partial charge in [0.25, 0.3) is 5.91 Å². The number of benzene rings is 1. The molecule has 0 aromatic heterocycles. The second-order valence-corrected chi connectivity index (χ2v) is 4.08. The molecule has 0 aliphatic heterocycles. The molecule has 0 aliphatic rings. The van der Waals surface area contributed by atoms with Gasteiger partial charge in [-0.3, -0.25) is 4.79 Å². The number of carbonyl (C=O) groups is 2. The predicted molar refractivity (Wildman–Crippen MR) is 65.2 cm³/mol. The number of halogens is 4. The summed E-state index contributed by atoms with van der Waals surface area (Å²) in [6.45, 7) is -2.36. The van der Waals surface area contributed by atoms with Crippen molar-refractivity contribution >= 4 is 29.2 Å². The molecule has 9 heteroatoms. The van der Waals surface area contributed by atoms with Gasteiger partial charge in [-0.25, -0.2) is 4.79 Å². The molecule has 1 aromatic carbocycles. The summed E-state index contributed by atoms with van der Waals surface area (Å²) in [6.07, 6.45) is -4.53. The maximum absolute atomic E-state index is 11.8. The van der Waals surface area contributed by atoms with Crippen molar-refractivity contribution in [1.29, 1.82) is 0 Å². The zero-order chi connectivity index (χ0) is 15.3. The van der Waals surface area contributed by atoms with Crippen LogP contribution >= 0.6 is 11.6 Å². The summed E-state index contributed by atoms with van der Waals surface area (Å²) in [6, 6.07) is 4.29. The zero-order valence-electron chi connectivity index (χ0n) is 9.96. The molecule has 1 aromatic rings. The smallest absolute Gasteiger partial charge is 0.405 e. The minimum atomic E-state index is -4.53. The van der Waals surface area contributed by atoms with E-state index < -0.39 is 31.2 Å². The summed E-state index contributed by atoms with van der Waals surface area (Å²) < 4.78 is 40.0. The van der Waals surface area contributed by atoms with Crippen LogP contribution in [-0.4, -0.2) is 31.2 Å². The van der Waals surface area contributed by atoms with Crippen LogP contribution in [0, 0.1) is 0 Å². The molecule has 0 fully saturated rings. The van der Waals surface area contributed by atoms with E-state index in [1.54, 1.807) is 5.32 Å². The third-order valence-corrected chi connectivity index (χ3v) is 2.39. The van der Waals surface area contributed by atoms with Crippen LogP contribution < -0.4 is 11.1 Å². The van der Waals surface area contributed by atoms with E-state index in [1.165, 1.54) is 18.2 Å². The van der Waals surface area contributed by atoms with Gasteiger partial charge in [-0.2, -0.15) is 13.2 Å². The van der Waals surface area contributed by atoms with Crippen LogP contribution in [0.15, 0.2) is 18.2 Å². The van der Waals surface area contributed by atoms with Crippen LogP contribution in [0.25, 0.3) is 0 Å². The maximum atomic E-state index is 11.8. The fourth-order valence-corrected chi connectivity index (χ4v) is 1.47. The summed E-state index contributed by atoms with van der Waals surface area (Å²) in [5.41, 5.74) is 5.41. The number of alkyl halides is 3. The van der Waals surface area contributed by atoms with Crippen molar-refractivity contribution in [1.82, 2.24) is 5.32 Å². The first-order chi connectivity index (χ1) is 9.20. The number of nitrogens with two attached hydrogens (primary N) is 1. The highest BCUT2D eigenvalue weighted by Gasteiger charge is 2.28. The van der Waals surface area contributed by atoms with Crippen molar-refractivity contribution in [3.8, 4) is 0 Å². The molecule has 0 unspecified atom stereocenters. The number of amides is 1. The van der Waals surface area contributed by atoms with E-state index in [4.69, 9.17) is 17.3 Å². The molecular formula is C11H10ClF3N2O3. The van der Waals surface area contributed by atoms with E-state index >= 15 is 0 Å². The van der Waals surface area contributed by atoms with Crippen LogP contribution in [0.5, 0.6) is 0 Å². The Morgan fingerprint density at radius 1 is 1.35 bits per heavy atom. The Balaban J connectivity index is 2.54. The number of esters is 1. The Labute approximate surface area is 116 Å². The molecule has 0 bridgehead atoms. The quantitative estimate of drug-likeness (QED) is 0.656. The number of rotatable bonds is 4. The van der Waals surface area contributed by atoms with Crippen molar-refractivity contribution in [2.24, 2.45) is 0 Å². The largest absolute Gasteiger partial charge is 0.452 e. The van der Waals surface area contributed by atoms with Crippen molar-refractivity contribution in [3.05, 3.63) is 28.8 Å². The predicted octanol–water partition coefficient (Wildman–Crippen LogP) is 1.76. The van der Waals surface area contributed by atoms with E-state index in [0.717, 1.165) is 0 Å². The minimum absolute atomic E-state index is 0.0192. The molecule has 1 rings (SSSR count). The molecule has 1 amide bonds. The van der Waals surface area contributed by atoms with Crippen LogP contribution in [0.4, 0.5) is 18.9 Å². The van der Waals surface area contributed by atoms with E-state index in [0.29, 0.717) is 0 Å². The Kier molecular flexibility index (Phi) is 5.20. The molecule has 20 heavy (non-hydrogen) atoms. The van der Waals surface area contributed by atoms with Crippen LogP contribution in [0.1, 0.15) is 10.4 Å². The van der Waals surface area contributed by atoms with Gasteiger partial charge in [0.05, 0.1) is 5.02 Å². The van der Waals surface area contributed by atoms with Gasteiger partial charge in [-0.05, 0) is 12.1 Å². The lowest BCUT2D eigenvalue weighted by molar-refractivity contribution is -0.140. The van der Waals surface area contributed by atoms with Crippen molar-refractivity contribution in [2.75, 3.05) is 18.9 Å². The second-order valence-electron chi connectivity index (χ2n) is 3.67. The van der Waals surface area contributed by atoms with Gasteiger partial charge in [0.2, 0.25) is 0 Å². The van der Waals surface area contributed by atoms with Gasteiger partial charge in [0.15, 0.2) is 6.61 Å². The molecule has 3 N–H and O–H groups in total. The molecule has 0 radical (unpaired) electrons. The summed E-state index contributed by atoms with van der Waals surface area (Å²) in [5, 5.41) is 1.57. The number of hydrogen-bond acceptors (Lipinski definition) is 4. The average molecular weight is 311 g/mol. The first kappa shape index (κ1) is 16.1. The lowest BCUT2D eigenvalue weighted by Crippen LogP contribution is -2.36. The highest BCUT2D eigenvalue weighted by molar-refractivity contribution is 6.34. The van der Waals surface area contributed by atoms with Gasteiger partial charge >= 0.3 is 12.1 Å². The van der Waals surface area contributed by atoms with Gasteiger partial charge in [0.1, 0.15) is 12.1 Å². The number of hydrogen-bond donors (Lipinski definition) is 2. The van der Waals surface area contributed by atoms with Gasteiger partial charge in [-0.15, -0.1) is 0 Å². The highest BCUT2D eigenvalue weighted by atomic mass is 35.5. The molecule has 0 aliphatic carbocycles. The first-order valence-electron chi connectivity index (χ1n) is 5.25. The minimum Gasteiger partial charge on any atom is -0.452 e.